The van der Waals surface area contributed by atoms with Gasteiger partial charge in [0.1, 0.15) is 0 Å². The van der Waals surface area contributed by atoms with Crippen LogP contribution >= 0.6 is 11.3 Å². The fourth-order valence-corrected chi connectivity index (χ4v) is 2.13. The second-order valence-electron chi connectivity index (χ2n) is 3.98. The van der Waals surface area contributed by atoms with Gasteiger partial charge in [-0.05, 0) is 19.3 Å². The van der Waals surface area contributed by atoms with Gasteiger partial charge in [-0.3, -0.25) is 4.79 Å². The van der Waals surface area contributed by atoms with E-state index in [9.17, 15) is 4.79 Å². The van der Waals surface area contributed by atoms with Crippen molar-refractivity contribution in [3.8, 4) is 0 Å². The fourth-order valence-electron chi connectivity index (χ4n) is 1.35. The van der Waals surface area contributed by atoms with Crippen molar-refractivity contribution < 1.29 is 4.79 Å². The second kappa shape index (κ2) is 5.25. The van der Waals surface area contributed by atoms with Crippen LogP contribution < -0.4 is 0 Å². The van der Waals surface area contributed by atoms with Gasteiger partial charge in [0.2, 0.25) is 0 Å². The summed E-state index contributed by atoms with van der Waals surface area (Å²) in [6, 6.07) is 0. The largest absolute Gasteiger partial charge is 0.293 e. The third-order valence-electron chi connectivity index (χ3n) is 2.18. The molecule has 0 saturated carbocycles. The molecule has 0 radical (unpaired) electrons. The number of hydrogen-bond donors (Lipinski definition) is 0. The quantitative estimate of drug-likeness (QED) is 0.698. The molecular formula is C11H17NOS. The molecule has 1 aromatic rings. The van der Waals surface area contributed by atoms with Crippen molar-refractivity contribution in [3.05, 3.63) is 16.1 Å². The number of thiazole rings is 1. The Balaban J connectivity index is 2.40. The van der Waals surface area contributed by atoms with E-state index in [1.807, 2.05) is 6.92 Å². The van der Waals surface area contributed by atoms with Gasteiger partial charge in [-0.25, -0.2) is 4.98 Å². The Kier molecular flexibility index (Phi) is 4.26. The summed E-state index contributed by atoms with van der Waals surface area (Å²) in [5.41, 5.74) is 2.62. The maximum atomic E-state index is 11.7. The lowest BCUT2D eigenvalue weighted by Crippen LogP contribution is -1.99. The van der Waals surface area contributed by atoms with E-state index in [2.05, 4.69) is 18.8 Å². The lowest BCUT2D eigenvalue weighted by atomic mass is 10.0. The van der Waals surface area contributed by atoms with Crippen molar-refractivity contribution in [3.63, 3.8) is 0 Å². The molecule has 0 aromatic carbocycles. The molecule has 14 heavy (non-hydrogen) atoms. The second-order valence-corrected chi connectivity index (χ2v) is 4.83. The molecule has 0 saturated heterocycles. The molecule has 0 fully saturated rings. The lowest BCUT2D eigenvalue weighted by Gasteiger charge is -2.02. The van der Waals surface area contributed by atoms with Gasteiger partial charge >= 0.3 is 0 Å². The summed E-state index contributed by atoms with van der Waals surface area (Å²) in [4.78, 5) is 16.6. The van der Waals surface area contributed by atoms with Crippen molar-refractivity contribution in [2.75, 3.05) is 0 Å². The normalized spacial score (nSPS) is 10.9. The molecule has 1 heterocycles. The fraction of sp³-hybridized carbons (Fsp3) is 0.636. The van der Waals surface area contributed by atoms with Crippen LogP contribution in [0.3, 0.4) is 0 Å². The van der Waals surface area contributed by atoms with E-state index in [1.165, 1.54) is 11.3 Å². The van der Waals surface area contributed by atoms with Crippen LogP contribution in [0, 0.1) is 12.8 Å². The number of carbonyl (C=O) groups is 1. The molecule has 0 N–H and O–H groups in total. The number of carbonyl (C=O) groups excluding carboxylic acids is 1. The summed E-state index contributed by atoms with van der Waals surface area (Å²) in [7, 11) is 0. The van der Waals surface area contributed by atoms with Crippen LogP contribution in [0.2, 0.25) is 0 Å². The van der Waals surface area contributed by atoms with Gasteiger partial charge in [0.05, 0.1) is 16.1 Å². The monoisotopic (exact) mass is 211 g/mol. The van der Waals surface area contributed by atoms with E-state index in [-0.39, 0.29) is 5.78 Å². The zero-order valence-corrected chi connectivity index (χ0v) is 9.86. The van der Waals surface area contributed by atoms with E-state index >= 15 is 0 Å². The molecule has 0 bridgehead atoms. The smallest absolute Gasteiger partial charge is 0.174 e. The van der Waals surface area contributed by atoms with Crippen LogP contribution in [0.25, 0.3) is 0 Å². The maximum absolute atomic E-state index is 11.7. The SMILES string of the molecule is Cc1ncsc1C(=O)CCCC(C)C. The van der Waals surface area contributed by atoms with Crippen LogP contribution in [0.1, 0.15) is 48.5 Å². The Labute approximate surface area is 89.4 Å². The molecule has 0 aliphatic rings. The molecule has 1 rings (SSSR count). The van der Waals surface area contributed by atoms with Gasteiger partial charge in [-0.2, -0.15) is 0 Å². The molecule has 0 atom stereocenters. The van der Waals surface area contributed by atoms with E-state index in [4.69, 9.17) is 0 Å². The molecule has 1 aromatic heterocycles. The first-order valence-electron chi connectivity index (χ1n) is 5.04. The van der Waals surface area contributed by atoms with Crippen LogP contribution in [-0.2, 0) is 0 Å². The number of aromatic nitrogens is 1. The number of aryl methyl sites for hydroxylation is 1. The summed E-state index contributed by atoms with van der Waals surface area (Å²) in [6.45, 7) is 6.26. The van der Waals surface area contributed by atoms with Crippen LogP contribution in [0.4, 0.5) is 0 Å². The van der Waals surface area contributed by atoms with E-state index in [0.717, 1.165) is 23.4 Å². The Hall–Kier alpha value is -0.700. The van der Waals surface area contributed by atoms with Crippen molar-refractivity contribution in [2.24, 2.45) is 5.92 Å². The van der Waals surface area contributed by atoms with Gasteiger partial charge in [-0.1, -0.05) is 20.3 Å². The first-order chi connectivity index (χ1) is 6.61. The zero-order chi connectivity index (χ0) is 10.6. The number of Topliss-reactive ketones (excluding diaryl/α,β-unsaturated/α-hetero) is 1. The minimum atomic E-state index is 0.255. The molecule has 0 aliphatic heterocycles. The van der Waals surface area contributed by atoms with Gasteiger partial charge < -0.3 is 0 Å². The summed E-state index contributed by atoms with van der Waals surface area (Å²) in [6.07, 6.45) is 2.79. The van der Waals surface area contributed by atoms with Gasteiger partial charge in [0.15, 0.2) is 5.78 Å². The van der Waals surface area contributed by atoms with Crippen molar-refractivity contribution in [2.45, 2.75) is 40.0 Å². The average Bonchev–Trinajstić information content (AvgIpc) is 2.50. The van der Waals surface area contributed by atoms with Gasteiger partial charge in [-0.15, -0.1) is 11.3 Å². The zero-order valence-electron chi connectivity index (χ0n) is 9.04. The molecule has 3 heteroatoms. The maximum Gasteiger partial charge on any atom is 0.174 e. The van der Waals surface area contributed by atoms with Crippen LogP contribution in [0.5, 0.6) is 0 Å². The van der Waals surface area contributed by atoms with Crippen molar-refractivity contribution in [1.82, 2.24) is 4.98 Å². The predicted molar refractivity (Wildman–Crippen MR) is 59.9 cm³/mol. The molecule has 78 valence electrons. The highest BCUT2D eigenvalue weighted by Crippen LogP contribution is 2.17. The molecule has 2 nitrogen and oxygen atoms in total. The minimum absolute atomic E-state index is 0.255. The number of hydrogen-bond acceptors (Lipinski definition) is 3. The highest BCUT2D eigenvalue weighted by Gasteiger charge is 2.11. The van der Waals surface area contributed by atoms with Gasteiger partial charge in [0.25, 0.3) is 0 Å². The minimum Gasteiger partial charge on any atom is -0.293 e. The summed E-state index contributed by atoms with van der Waals surface area (Å²) >= 11 is 1.46. The van der Waals surface area contributed by atoms with E-state index < -0.39 is 0 Å². The third-order valence-corrected chi connectivity index (χ3v) is 3.15. The first kappa shape index (κ1) is 11.4. The topological polar surface area (TPSA) is 30.0 Å². The molecule has 0 unspecified atom stereocenters. The molecule has 0 amide bonds. The third kappa shape index (κ3) is 3.22. The van der Waals surface area contributed by atoms with Gasteiger partial charge in [0, 0.05) is 6.42 Å². The van der Waals surface area contributed by atoms with E-state index in [1.54, 1.807) is 5.51 Å². The summed E-state index contributed by atoms with van der Waals surface area (Å²) in [5, 5.41) is 0. The Bertz CT molecular complexity index is 304. The van der Waals surface area contributed by atoms with Crippen LogP contribution in [0.15, 0.2) is 5.51 Å². The predicted octanol–water partition coefficient (Wildman–Crippen LogP) is 3.46. The van der Waals surface area contributed by atoms with Crippen LogP contribution in [-0.4, -0.2) is 10.8 Å². The Morgan fingerprint density at radius 3 is 2.79 bits per heavy atom. The Morgan fingerprint density at radius 2 is 2.29 bits per heavy atom. The molecule has 0 aliphatic carbocycles. The highest BCUT2D eigenvalue weighted by atomic mass is 32.1. The number of rotatable bonds is 5. The number of nitrogens with zero attached hydrogens (tertiary/aromatic N) is 1. The molecular weight excluding hydrogens is 194 g/mol. The summed E-state index contributed by atoms with van der Waals surface area (Å²) in [5.74, 6) is 0.941. The highest BCUT2D eigenvalue weighted by molar-refractivity contribution is 7.11. The first-order valence-corrected chi connectivity index (χ1v) is 5.92. The summed E-state index contributed by atoms with van der Waals surface area (Å²) < 4.78 is 0. The van der Waals surface area contributed by atoms with Crippen molar-refractivity contribution >= 4 is 17.1 Å². The molecule has 0 spiro atoms. The van der Waals surface area contributed by atoms with E-state index in [0.29, 0.717) is 12.3 Å². The lowest BCUT2D eigenvalue weighted by molar-refractivity contribution is 0.0981. The van der Waals surface area contributed by atoms with Crippen molar-refractivity contribution in [1.29, 1.82) is 0 Å². The average molecular weight is 211 g/mol. The Morgan fingerprint density at radius 1 is 1.57 bits per heavy atom. The standard InChI is InChI=1S/C11H17NOS/c1-8(2)5-4-6-10(13)11-9(3)12-7-14-11/h7-8H,4-6H2,1-3H3. The number of ketones is 1.